The molecule has 1 heterocycles. The van der Waals surface area contributed by atoms with Crippen LogP contribution in [0.2, 0.25) is 0 Å². The molecular weight excluding hydrogens is 612 g/mol. The Hall–Kier alpha value is -3.93. The van der Waals surface area contributed by atoms with Gasteiger partial charge in [0, 0.05) is 37.7 Å². The Morgan fingerprint density at radius 2 is 1.62 bits per heavy atom. The molecule has 266 valence electrons. The summed E-state index contributed by atoms with van der Waals surface area (Å²) in [6, 6.07) is 6.62. The highest BCUT2D eigenvalue weighted by Crippen LogP contribution is 2.28. The van der Waals surface area contributed by atoms with Gasteiger partial charge >= 0.3 is 6.09 Å². The summed E-state index contributed by atoms with van der Waals surface area (Å²) in [5, 5.41) is 22.8. The zero-order chi connectivity index (χ0) is 35.1. The number of nitrogens with zero attached hydrogens (tertiary/aromatic N) is 1. The van der Waals surface area contributed by atoms with Gasteiger partial charge in [0.05, 0.1) is 18.5 Å². The van der Waals surface area contributed by atoms with E-state index in [4.69, 9.17) is 4.74 Å². The standard InChI is InChI=1S/C36H56N6O6/c1-24(2)18-32(44)38-17-16-31(43)28(19-25-12-8-6-9-13-25)40-34(46)30(21-27-22-37-23-39-27)41-33(45)29(20-26-14-10-7-11-15-26)42-35(47)48-36(3,4)5/h7,10-11,14-15,22-25,28-31,43H,6,8-9,12-13,16-21H2,1-5H3,(H,37,39)(H,38,44)(H,40,46)(H,41,45)(H,42,47)/t28-,29-,30-,31-/m0/s1. The molecule has 6 N–H and O–H groups in total. The minimum absolute atomic E-state index is 0.0718. The molecule has 0 unspecified atom stereocenters. The molecule has 3 rings (SSSR count). The van der Waals surface area contributed by atoms with Crippen LogP contribution in [0.5, 0.6) is 0 Å². The van der Waals surface area contributed by atoms with E-state index < -0.39 is 47.7 Å². The lowest BCUT2D eigenvalue weighted by Gasteiger charge is -2.32. The summed E-state index contributed by atoms with van der Waals surface area (Å²) in [5.41, 5.74) is 0.679. The smallest absolute Gasteiger partial charge is 0.408 e. The molecule has 0 spiro atoms. The molecule has 12 heteroatoms. The SMILES string of the molecule is CC(C)CC(=O)NCC[C@H](O)[C@H](CC1CCCCC1)NC(=O)[C@H](Cc1cnc[nH]1)NC(=O)[C@H](Cc1ccccc1)NC(=O)OC(C)(C)C. The number of rotatable bonds is 17. The number of ether oxygens (including phenoxy) is 1. The van der Waals surface area contributed by atoms with Crippen molar-refractivity contribution in [2.24, 2.45) is 11.8 Å². The first-order valence-corrected chi connectivity index (χ1v) is 17.3. The molecule has 1 aromatic heterocycles. The number of alkyl carbamates (subject to hydrolysis) is 1. The Balaban J connectivity index is 1.78. The van der Waals surface area contributed by atoms with E-state index in [1.807, 2.05) is 44.2 Å². The van der Waals surface area contributed by atoms with Crippen molar-refractivity contribution in [2.75, 3.05) is 6.54 Å². The fourth-order valence-corrected chi connectivity index (χ4v) is 5.99. The average Bonchev–Trinajstić information content (AvgIpc) is 3.53. The lowest BCUT2D eigenvalue weighted by Crippen LogP contribution is -2.57. The van der Waals surface area contributed by atoms with Crippen LogP contribution in [0, 0.1) is 11.8 Å². The number of aliphatic hydroxyl groups is 1. The van der Waals surface area contributed by atoms with Crippen LogP contribution in [0.1, 0.15) is 97.2 Å². The van der Waals surface area contributed by atoms with Crippen LogP contribution in [0.3, 0.4) is 0 Å². The molecule has 12 nitrogen and oxygen atoms in total. The van der Waals surface area contributed by atoms with E-state index in [2.05, 4.69) is 31.2 Å². The van der Waals surface area contributed by atoms with Crippen LogP contribution < -0.4 is 21.3 Å². The van der Waals surface area contributed by atoms with E-state index in [0.29, 0.717) is 24.5 Å². The molecule has 0 bridgehead atoms. The number of hydrogen-bond acceptors (Lipinski definition) is 7. The van der Waals surface area contributed by atoms with Crippen molar-refractivity contribution >= 4 is 23.8 Å². The van der Waals surface area contributed by atoms with Crippen molar-refractivity contribution in [3.05, 3.63) is 54.1 Å². The summed E-state index contributed by atoms with van der Waals surface area (Å²) >= 11 is 0. The number of benzene rings is 1. The van der Waals surface area contributed by atoms with E-state index in [1.54, 1.807) is 27.0 Å². The second-order valence-corrected chi connectivity index (χ2v) is 14.4. The number of hydrogen-bond donors (Lipinski definition) is 6. The van der Waals surface area contributed by atoms with Crippen molar-refractivity contribution in [1.82, 2.24) is 31.2 Å². The minimum Gasteiger partial charge on any atom is -0.444 e. The van der Waals surface area contributed by atoms with Gasteiger partial charge in [0.1, 0.15) is 17.7 Å². The lowest BCUT2D eigenvalue weighted by molar-refractivity contribution is -0.131. The molecule has 1 fully saturated rings. The molecule has 2 aromatic rings. The quantitative estimate of drug-likeness (QED) is 0.148. The molecule has 0 saturated heterocycles. The van der Waals surface area contributed by atoms with Crippen LogP contribution in [0.15, 0.2) is 42.9 Å². The number of carbonyl (C=O) groups excluding carboxylic acids is 4. The molecule has 1 aromatic carbocycles. The van der Waals surface area contributed by atoms with Gasteiger partial charge in [-0.25, -0.2) is 9.78 Å². The first-order valence-electron chi connectivity index (χ1n) is 17.3. The van der Waals surface area contributed by atoms with Gasteiger partial charge in [0.15, 0.2) is 0 Å². The molecule has 1 aliphatic carbocycles. The number of H-pyrrole nitrogens is 1. The van der Waals surface area contributed by atoms with Gasteiger partial charge in [-0.3, -0.25) is 14.4 Å². The third-order valence-electron chi connectivity index (χ3n) is 8.36. The van der Waals surface area contributed by atoms with E-state index in [-0.39, 0.29) is 37.6 Å². The highest BCUT2D eigenvalue weighted by molar-refractivity contribution is 5.91. The van der Waals surface area contributed by atoms with Gasteiger partial charge in [-0.05, 0) is 51.0 Å². The summed E-state index contributed by atoms with van der Waals surface area (Å²) in [6.45, 7) is 9.44. The van der Waals surface area contributed by atoms with Gasteiger partial charge in [-0.1, -0.05) is 76.3 Å². The summed E-state index contributed by atoms with van der Waals surface area (Å²) in [4.78, 5) is 59.9. The second kappa shape index (κ2) is 19.2. The topological polar surface area (TPSA) is 175 Å². The number of amides is 4. The molecule has 48 heavy (non-hydrogen) atoms. The number of aliphatic hydroxyl groups excluding tert-OH is 1. The predicted molar refractivity (Wildman–Crippen MR) is 184 cm³/mol. The van der Waals surface area contributed by atoms with Gasteiger partial charge in [0.25, 0.3) is 0 Å². The fraction of sp³-hybridized carbons (Fsp3) is 0.639. The van der Waals surface area contributed by atoms with E-state index in [1.165, 1.54) is 12.7 Å². The van der Waals surface area contributed by atoms with Gasteiger partial charge in [0.2, 0.25) is 17.7 Å². The van der Waals surface area contributed by atoms with Crippen LogP contribution >= 0.6 is 0 Å². The molecule has 4 amide bonds. The summed E-state index contributed by atoms with van der Waals surface area (Å²) in [5.74, 6) is -0.512. The van der Waals surface area contributed by atoms with Crippen LogP contribution in [0.4, 0.5) is 4.79 Å². The molecule has 0 radical (unpaired) electrons. The highest BCUT2D eigenvalue weighted by atomic mass is 16.6. The van der Waals surface area contributed by atoms with E-state index in [0.717, 1.165) is 31.2 Å². The summed E-state index contributed by atoms with van der Waals surface area (Å²) < 4.78 is 5.43. The monoisotopic (exact) mass is 668 g/mol. The number of carbonyl (C=O) groups is 4. The van der Waals surface area contributed by atoms with Crippen molar-refractivity contribution in [3.63, 3.8) is 0 Å². The third-order valence-corrected chi connectivity index (χ3v) is 8.36. The fourth-order valence-electron chi connectivity index (χ4n) is 5.99. The maximum Gasteiger partial charge on any atom is 0.408 e. The maximum absolute atomic E-state index is 14.0. The predicted octanol–water partition coefficient (Wildman–Crippen LogP) is 3.94. The highest BCUT2D eigenvalue weighted by Gasteiger charge is 2.32. The van der Waals surface area contributed by atoms with Crippen molar-refractivity contribution in [3.8, 4) is 0 Å². The van der Waals surface area contributed by atoms with Gasteiger partial charge in [-0.2, -0.15) is 0 Å². The maximum atomic E-state index is 14.0. The third kappa shape index (κ3) is 14.5. The van der Waals surface area contributed by atoms with Gasteiger partial charge in [-0.15, -0.1) is 0 Å². The Morgan fingerprint density at radius 1 is 0.958 bits per heavy atom. The minimum atomic E-state index is -1.04. The number of imidazole rings is 1. The average molecular weight is 669 g/mol. The van der Waals surface area contributed by atoms with E-state index >= 15 is 0 Å². The first kappa shape index (κ1) is 38.5. The lowest BCUT2D eigenvalue weighted by atomic mass is 9.83. The first-order chi connectivity index (χ1) is 22.8. The van der Waals surface area contributed by atoms with Crippen molar-refractivity contribution in [1.29, 1.82) is 0 Å². The zero-order valence-corrected chi connectivity index (χ0v) is 29.2. The normalized spacial score (nSPS) is 16.3. The van der Waals surface area contributed by atoms with Crippen LogP contribution in [-0.4, -0.2) is 75.3 Å². The van der Waals surface area contributed by atoms with Crippen LogP contribution in [0.25, 0.3) is 0 Å². The Bertz CT molecular complexity index is 1270. The number of nitrogens with one attached hydrogen (secondary N) is 5. The van der Waals surface area contributed by atoms with Crippen molar-refractivity contribution < 1.29 is 29.0 Å². The molecular formula is C36H56N6O6. The van der Waals surface area contributed by atoms with Crippen molar-refractivity contribution in [2.45, 2.75) is 129 Å². The number of aromatic nitrogens is 2. The largest absolute Gasteiger partial charge is 0.444 e. The summed E-state index contributed by atoms with van der Waals surface area (Å²) in [6.07, 6.45) is 8.44. The Labute approximate surface area is 285 Å². The molecule has 1 saturated carbocycles. The number of aromatic amines is 1. The summed E-state index contributed by atoms with van der Waals surface area (Å²) in [7, 11) is 0. The second-order valence-electron chi connectivity index (χ2n) is 14.4. The molecule has 4 atom stereocenters. The zero-order valence-electron chi connectivity index (χ0n) is 29.2. The van der Waals surface area contributed by atoms with Crippen LogP contribution in [-0.2, 0) is 32.0 Å². The molecule has 0 aliphatic heterocycles. The Morgan fingerprint density at radius 3 is 2.25 bits per heavy atom. The molecule has 1 aliphatic rings. The van der Waals surface area contributed by atoms with Gasteiger partial charge < -0.3 is 36.1 Å². The Kier molecular flexibility index (Phi) is 15.4. The van der Waals surface area contributed by atoms with E-state index in [9.17, 15) is 24.3 Å².